The molecule has 12 heterocycles. The molecule has 4 saturated heterocycles. The van der Waals surface area contributed by atoms with Crippen LogP contribution in [0.1, 0.15) is 87.5 Å². The van der Waals surface area contributed by atoms with Gasteiger partial charge in [-0.05, 0) is 187 Å². The van der Waals surface area contributed by atoms with E-state index in [9.17, 15) is 9.59 Å². The second-order valence-corrected chi connectivity index (χ2v) is 30.0. The second kappa shape index (κ2) is 34.6. The summed E-state index contributed by atoms with van der Waals surface area (Å²) in [5.74, 6) is 6.24. The fourth-order valence-corrected chi connectivity index (χ4v) is 16.2. The number of hydrogen-bond acceptors (Lipinski definition) is 23. The Morgan fingerprint density at radius 3 is 1.11 bits per heavy atom. The molecule has 4 aliphatic heterocycles. The first-order valence-electron chi connectivity index (χ1n) is 40.0. The van der Waals surface area contributed by atoms with Crippen molar-refractivity contribution in [3.8, 4) is 79.5 Å². The Labute approximate surface area is 680 Å². The van der Waals surface area contributed by atoms with Crippen molar-refractivity contribution in [3.63, 3.8) is 0 Å². The van der Waals surface area contributed by atoms with Crippen molar-refractivity contribution in [1.82, 2.24) is 99.0 Å². The third-order valence-corrected chi connectivity index (χ3v) is 22.1. The third-order valence-electron chi connectivity index (χ3n) is 22.1. The largest absolute Gasteiger partial charge is 0.457 e. The van der Waals surface area contributed by atoms with Gasteiger partial charge in [0, 0.05) is 74.5 Å². The average molecular weight is 1580 g/mol. The van der Waals surface area contributed by atoms with Gasteiger partial charge in [-0.2, -0.15) is 20.4 Å². The molecule has 19 rings (SSSR count). The fraction of sp³-hybridized carbons (Fsp3) is 0.258. The first kappa shape index (κ1) is 76.6. The van der Waals surface area contributed by atoms with Crippen LogP contribution >= 0.6 is 0 Å². The topological polar surface area (TPSA) is 362 Å². The number of amides is 2. The summed E-state index contributed by atoms with van der Waals surface area (Å²) in [6, 6.07) is 61.0. The lowest BCUT2D eigenvalue weighted by atomic mass is 10.0. The summed E-state index contributed by atoms with van der Waals surface area (Å²) in [5.41, 5.74) is 36.1. The summed E-state index contributed by atoms with van der Waals surface area (Å²) in [7, 11) is 0. The van der Waals surface area contributed by atoms with Crippen molar-refractivity contribution >= 4 is 79.2 Å². The van der Waals surface area contributed by atoms with Crippen molar-refractivity contribution < 1.29 is 23.8 Å². The number of piperidine rings is 4. The van der Waals surface area contributed by atoms with E-state index in [1.807, 2.05) is 187 Å². The SMILES string of the molecule is C=CC(=O)N1CCC[C@@H](n2nc(-c3ccc(Oc4ccccc4)cc3)c3c(N)ncnc32)C1.Cc1ccc(-c2nn(C3CCCN(CCC(=O)N4CCC[C@@H](n5nc(-c6ccc(Oc7ccccc7)cc6)c6c(N)ncnc65)C4)C3)c3ncnc(N)c23)cc1.Nc1ncnc2c1c(-c1ccc(Oc3ccccc3)cc1)nn2[C@@H]1CCCNC1. The van der Waals surface area contributed by atoms with Crippen molar-refractivity contribution in [2.24, 2.45) is 0 Å². The third kappa shape index (κ3) is 16.5. The molecule has 0 saturated carbocycles. The molecule has 596 valence electrons. The van der Waals surface area contributed by atoms with E-state index in [4.69, 9.17) is 57.5 Å². The van der Waals surface area contributed by atoms with Gasteiger partial charge < -0.3 is 57.2 Å². The number of aromatic nitrogens is 16. The van der Waals surface area contributed by atoms with Crippen LogP contribution in [0.15, 0.2) is 226 Å². The predicted molar refractivity (Wildman–Crippen MR) is 455 cm³/mol. The minimum Gasteiger partial charge on any atom is -0.457 e. The van der Waals surface area contributed by atoms with Crippen LogP contribution in [0.5, 0.6) is 34.5 Å². The molecule has 0 radical (unpaired) electrons. The van der Waals surface area contributed by atoms with E-state index in [2.05, 4.69) is 87.9 Å². The molecule has 2 amide bonds. The highest BCUT2D eigenvalue weighted by Crippen LogP contribution is 2.41. The zero-order valence-electron chi connectivity index (χ0n) is 65.4. The zero-order chi connectivity index (χ0) is 80.6. The van der Waals surface area contributed by atoms with E-state index in [1.165, 1.54) is 36.9 Å². The summed E-state index contributed by atoms with van der Waals surface area (Å²) >= 11 is 0. The maximum Gasteiger partial charge on any atom is 0.246 e. The van der Waals surface area contributed by atoms with Gasteiger partial charge in [0.15, 0.2) is 22.6 Å². The molecule has 0 spiro atoms. The summed E-state index contributed by atoms with van der Waals surface area (Å²) < 4.78 is 25.7. The van der Waals surface area contributed by atoms with E-state index in [0.29, 0.717) is 95.9 Å². The summed E-state index contributed by atoms with van der Waals surface area (Å²) in [6.07, 6.45) is 15.4. The van der Waals surface area contributed by atoms with Gasteiger partial charge in [-0.1, -0.05) is 91.0 Å². The summed E-state index contributed by atoms with van der Waals surface area (Å²) in [5, 5.41) is 26.4. The van der Waals surface area contributed by atoms with Gasteiger partial charge in [-0.3, -0.25) is 9.59 Å². The first-order valence-corrected chi connectivity index (χ1v) is 40.0. The van der Waals surface area contributed by atoms with E-state index >= 15 is 0 Å². The van der Waals surface area contributed by atoms with Gasteiger partial charge in [-0.15, -0.1) is 0 Å². The monoisotopic (exact) mass is 1570 g/mol. The zero-order valence-corrected chi connectivity index (χ0v) is 65.4. The van der Waals surface area contributed by atoms with Crippen molar-refractivity contribution in [1.29, 1.82) is 0 Å². The Morgan fingerprint density at radius 1 is 0.407 bits per heavy atom. The standard InChI is InChI=1S/C42H44N12O2.C25H24N6O2.C22H22N6O/c1-27-11-13-28(14-12-27)37-35-39(43)45-25-47-41(35)53(49-37)30-7-5-20-51(23-30)22-19-34(55)52-21-6-8-31(24-52)54-42-36(40(44)46-26-48-42)38(50-54)29-15-17-33(18-16-29)56-32-9-3-2-4-10-32;1-2-21(32)30-14-6-7-18(15-30)31-25-22(24(26)27-16-28-25)23(29-31)17-10-12-20(13-11-17)33-19-8-4-3-5-9-19;23-21-19-20(15-8-10-18(11-9-15)29-17-6-2-1-3-7-17)27-28(22(19)26-14-25-21)16-5-4-12-24-13-16/h2-4,9-18,25-26,30-31H,5-8,19-24H2,1H3,(H2,43,45,47)(H2,44,46,48);2-5,8-13,16,18H,1,6-7,14-15H2,(H2,26,27,28);1-3,6-11,14,16,24H,4-5,12-13H2,(H2,23,25,26)/t30?,31-;18-;16-/m111/s1. The number of nitrogen functional groups attached to an aromatic ring is 4. The normalized spacial score (nSPS) is 17.0. The summed E-state index contributed by atoms with van der Waals surface area (Å²) in [6.45, 7) is 12.5. The highest BCUT2D eigenvalue weighted by Gasteiger charge is 2.33. The van der Waals surface area contributed by atoms with Gasteiger partial charge in [0.1, 0.15) is 106 Å². The van der Waals surface area contributed by atoms with Crippen LogP contribution in [0.3, 0.4) is 0 Å². The Kier molecular flexibility index (Phi) is 22.4. The molecular weight excluding hydrogens is 1490 g/mol. The van der Waals surface area contributed by atoms with Crippen molar-refractivity contribution in [2.45, 2.75) is 88.9 Å². The first-order chi connectivity index (χ1) is 57.8. The number of hydrogen-bond donors (Lipinski definition) is 5. The number of nitrogens with zero attached hydrogens (tertiary/aromatic N) is 19. The number of carbonyl (C=O) groups excluding carboxylic acids is 2. The lowest BCUT2D eigenvalue weighted by molar-refractivity contribution is -0.133. The van der Waals surface area contributed by atoms with E-state index in [0.717, 1.165) is 168 Å². The Bertz CT molecular complexity index is 6040. The molecule has 118 heavy (non-hydrogen) atoms. The lowest BCUT2D eigenvalue weighted by Gasteiger charge is -2.35. The second-order valence-electron chi connectivity index (χ2n) is 30.0. The van der Waals surface area contributed by atoms with Crippen LogP contribution in [-0.4, -0.2) is 164 Å². The quantitative estimate of drug-likeness (QED) is 0.0498. The molecule has 4 fully saturated rings. The molecular formula is C89H90N24O5. The number of rotatable bonds is 18. The Hall–Kier alpha value is -14.1. The minimum atomic E-state index is -0.0699. The number of benzene rings is 7. The van der Waals surface area contributed by atoms with Crippen molar-refractivity contribution in [3.05, 3.63) is 232 Å². The smallest absolute Gasteiger partial charge is 0.246 e. The van der Waals surface area contributed by atoms with Crippen LogP contribution in [0.25, 0.3) is 89.2 Å². The maximum absolute atomic E-state index is 13.8. The molecule has 9 N–H and O–H groups in total. The summed E-state index contributed by atoms with van der Waals surface area (Å²) in [4.78, 5) is 67.4. The van der Waals surface area contributed by atoms with E-state index in [1.54, 1.807) is 4.90 Å². The number of para-hydroxylation sites is 3. The highest BCUT2D eigenvalue weighted by molar-refractivity contribution is 6.01. The molecule has 8 aromatic heterocycles. The Morgan fingerprint density at radius 2 is 0.737 bits per heavy atom. The number of anilines is 4. The van der Waals surface area contributed by atoms with Gasteiger partial charge in [0.05, 0.1) is 45.7 Å². The molecule has 7 aromatic carbocycles. The number of ether oxygens (including phenoxy) is 3. The van der Waals surface area contributed by atoms with Gasteiger partial charge >= 0.3 is 0 Å². The van der Waals surface area contributed by atoms with Crippen LogP contribution in [-0.2, 0) is 9.59 Å². The molecule has 29 heteroatoms. The van der Waals surface area contributed by atoms with Gasteiger partial charge in [0.25, 0.3) is 0 Å². The van der Waals surface area contributed by atoms with Crippen LogP contribution in [0.2, 0.25) is 0 Å². The minimum absolute atomic E-state index is 0.00566. The lowest BCUT2D eigenvalue weighted by Crippen LogP contribution is -2.43. The Balaban J connectivity index is 0.000000137. The number of aryl methyl sites for hydroxylation is 1. The predicted octanol–water partition coefficient (Wildman–Crippen LogP) is 14.5. The molecule has 4 aliphatic rings. The number of fused-ring (bicyclic) bond motifs is 4. The molecule has 15 aromatic rings. The van der Waals surface area contributed by atoms with E-state index in [-0.39, 0.29) is 36.0 Å². The highest BCUT2D eigenvalue weighted by atomic mass is 16.5. The number of nitrogens with one attached hydrogen (secondary N) is 1. The average Bonchev–Trinajstić information content (AvgIpc) is 1.63. The van der Waals surface area contributed by atoms with Crippen LogP contribution < -0.4 is 42.5 Å². The number of carbonyl (C=O) groups is 2. The van der Waals surface area contributed by atoms with Crippen LogP contribution in [0.4, 0.5) is 23.3 Å². The van der Waals surface area contributed by atoms with Crippen LogP contribution in [0, 0.1) is 6.92 Å². The molecule has 0 aliphatic carbocycles. The number of nitrogens with two attached hydrogens (primary N) is 4. The maximum atomic E-state index is 13.8. The molecule has 0 bridgehead atoms. The van der Waals surface area contributed by atoms with Gasteiger partial charge in [-0.25, -0.2) is 58.6 Å². The molecule has 4 atom stereocenters. The van der Waals surface area contributed by atoms with Gasteiger partial charge in [0.2, 0.25) is 11.8 Å². The molecule has 29 nitrogen and oxygen atoms in total. The van der Waals surface area contributed by atoms with Crippen molar-refractivity contribution in [2.75, 3.05) is 81.8 Å². The van der Waals surface area contributed by atoms with E-state index < -0.39 is 0 Å². The molecule has 1 unspecified atom stereocenters. The fourth-order valence-electron chi connectivity index (χ4n) is 16.2. The number of likely N-dealkylation sites (tertiary alicyclic amines) is 3.